The van der Waals surface area contributed by atoms with Gasteiger partial charge in [0.1, 0.15) is 11.2 Å². The maximum Gasteiger partial charge on any atom is 0.310 e. The lowest BCUT2D eigenvalue weighted by molar-refractivity contribution is -0.167. The zero-order valence-electron chi connectivity index (χ0n) is 16.2. The topological polar surface area (TPSA) is 52.6 Å². The quantitative estimate of drug-likeness (QED) is 0.696. The summed E-state index contributed by atoms with van der Waals surface area (Å²) in [5, 5.41) is 0. The van der Waals surface area contributed by atoms with Gasteiger partial charge in [-0.1, -0.05) is 42.5 Å². The number of benzene rings is 1. The second kappa shape index (κ2) is 8.84. The minimum Gasteiger partial charge on any atom is -0.460 e. The summed E-state index contributed by atoms with van der Waals surface area (Å²) in [6.45, 7) is 10.9. The zero-order valence-corrected chi connectivity index (χ0v) is 16.2. The van der Waals surface area contributed by atoms with Gasteiger partial charge in [0.15, 0.2) is 0 Å². The van der Waals surface area contributed by atoms with Crippen molar-refractivity contribution in [1.82, 2.24) is 0 Å². The van der Waals surface area contributed by atoms with Crippen molar-refractivity contribution in [3.8, 4) is 0 Å². The van der Waals surface area contributed by atoms with Gasteiger partial charge in [0, 0.05) is 0 Å². The van der Waals surface area contributed by atoms with Crippen LogP contribution in [0, 0.1) is 5.92 Å². The lowest BCUT2D eigenvalue weighted by atomic mass is 10.00. The molecule has 0 aliphatic heterocycles. The van der Waals surface area contributed by atoms with Gasteiger partial charge < -0.3 is 9.47 Å². The van der Waals surface area contributed by atoms with E-state index in [1.54, 1.807) is 0 Å². The van der Waals surface area contributed by atoms with Crippen LogP contribution in [-0.4, -0.2) is 23.1 Å². The van der Waals surface area contributed by atoms with Crippen LogP contribution in [-0.2, 0) is 19.1 Å². The lowest BCUT2D eigenvalue weighted by Gasteiger charge is -2.24. The summed E-state index contributed by atoms with van der Waals surface area (Å²) < 4.78 is 10.8. The molecule has 1 rings (SSSR count). The van der Waals surface area contributed by atoms with Crippen LogP contribution in [0.15, 0.2) is 36.4 Å². The van der Waals surface area contributed by atoms with E-state index < -0.39 is 23.1 Å². The third-order valence-corrected chi connectivity index (χ3v) is 3.10. The van der Waals surface area contributed by atoms with E-state index in [0.29, 0.717) is 6.42 Å². The zero-order chi connectivity index (χ0) is 19.1. The Balaban J connectivity index is 2.78. The number of allylic oxidation sites excluding steroid dienone is 1. The van der Waals surface area contributed by atoms with Crippen molar-refractivity contribution in [2.45, 2.75) is 65.6 Å². The molecule has 0 aliphatic carbocycles. The van der Waals surface area contributed by atoms with Gasteiger partial charge in [-0.3, -0.25) is 9.59 Å². The van der Waals surface area contributed by atoms with Crippen molar-refractivity contribution in [2.75, 3.05) is 0 Å². The van der Waals surface area contributed by atoms with Crippen LogP contribution in [0.1, 0.15) is 59.9 Å². The summed E-state index contributed by atoms with van der Waals surface area (Å²) in [6.07, 6.45) is 4.26. The summed E-state index contributed by atoms with van der Waals surface area (Å²) in [5.41, 5.74) is -0.121. The fraction of sp³-hybridized carbons (Fsp3) is 0.524. The summed E-state index contributed by atoms with van der Waals surface area (Å²) in [7, 11) is 0. The highest BCUT2D eigenvalue weighted by atomic mass is 16.6. The van der Waals surface area contributed by atoms with E-state index in [-0.39, 0.29) is 12.4 Å². The average Bonchev–Trinajstić information content (AvgIpc) is 2.43. The van der Waals surface area contributed by atoms with Crippen LogP contribution in [0.2, 0.25) is 0 Å². The molecule has 1 aromatic carbocycles. The van der Waals surface area contributed by atoms with Gasteiger partial charge in [0.25, 0.3) is 0 Å². The van der Waals surface area contributed by atoms with Gasteiger partial charge in [-0.2, -0.15) is 0 Å². The van der Waals surface area contributed by atoms with Gasteiger partial charge in [-0.05, 0) is 53.5 Å². The van der Waals surface area contributed by atoms with Crippen molar-refractivity contribution in [3.05, 3.63) is 42.0 Å². The predicted octanol–water partition coefficient (Wildman–Crippen LogP) is 4.78. The molecule has 1 aromatic rings. The van der Waals surface area contributed by atoms with E-state index in [2.05, 4.69) is 0 Å². The molecule has 25 heavy (non-hydrogen) atoms. The van der Waals surface area contributed by atoms with Crippen molar-refractivity contribution in [1.29, 1.82) is 0 Å². The predicted molar refractivity (Wildman–Crippen MR) is 99.9 cm³/mol. The summed E-state index contributed by atoms with van der Waals surface area (Å²) in [5.74, 6) is -1.33. The first-order valence-electron chi connectivity index (χ1n) is 8.62. The number of esters is 2. The molecule has 0 saturated carbocycles. The Morgan fingerprint density at radius 3 is 2.04 bits per heavy atom. The first-order chi connectivity index (χ1) is 11.5. The first-order valence-corrected chi connectivity index (χ1v) is 8.62. The van der Waals surface area contributed by atoms with Crippen LogP contribution >= 0.6 is 0 Å². The van der Waals surface area contributed by atoms with Crippen LogP contribution < -0.4 is 0 Å². The molecule has 0 heterocycles. The fourth-order valence-electron chi connectivity index (χ4n) is 2.16. The van der Waals surface area contributed by atoms with Gasteiger partial charge in [-0.25, -0.2) is 0 Å². The number of rotatable bonds is 6. The highest BCUT2D eigenvalue weighted by molar-refractivity contribution is 5.80. The molecule has 1 atom stereocenters. The maximum atomic E-state index is 12.4. The second-order valence-corrected chi connectivity index (χ2v) is 8.07. The van der Waals surface area contributed by atoms with Gasteiger partial charge in [0.05, 0.1) is 12.3 Å². The van der Waals surface area contributed by atoms with Gasteiger partial charge >= 0.3 is 11.9 Å². The molecule has 1 unspecified atom stereocenters. The molecule has 4 heteroatoms. The Bertz CT molecular complexity index is 589. The van der Waals surface area contributed by atoms with Crippen molar-refractivity contribution in [2.24, 2.45) is 5.92 Å². The number of ether oxygens (including phenoxy) is 2. The highest BCUT2D eigenvalue weighted by Gasteiger charge is 2.28. The number of carbonyl (C=O) groups is 2. The fourth-order valence-corrected chi connectivity index (χ4v) is 2.16. The number of carbonyl (C=O) groups excluding carboxylic acids is 2. The van der Waals surface area contributed by atoms with Crippen LogP contribution in [0.4, 0.5) is 0 Å². The first kappa shape index (κ1) is 20.9. The molecule has 138 valence electrons. The van der Waals surface area contributed by atoms with Crippen molar-refractivity contribution < 1.29 is 19.1 Å². The van der Waals surface area contributed by atoms with Gasteiger partial charge in [-0.15, -0.1) is 0 Å². The molecular formula is C21H30O4. The Labute approximate surface area is 151 Å². The number of hydrogen-bond donors (Lipinski definition) is 0. The van der Waals surface area contributed by atoms with Crippen molar-refractivity contribution in [3.63, 3.8) is 0 Å². The Morgan fingerprint density at radius 1 is 0.960 bits per heavy atom. The average molecular weight is 346 g/mol. The second-order valence-electron chi connectivity index (χ2n) is 8.07. The largest absolute Gasteiger partial charge is 0.460 e. The van der Waals surface area contributed by atoms with E-state index in [9.17, 15) is 9.59 Å². The molecule has 0 amide bonds. The third-order valence-electron chi connectivity index (χ3n) is 3.10. The molecule has 0 fully saturated rings. The minimum atomic E-state index is -0.591. The molecular weight excluding hydrogens is 316 g/mol. The summed E-state index contributed by atoms with van der Waals surface area (Å²) in [6, 6.07) is 9.81. The SMILES string of the molecule is CC(C)(C)OC(=O)CC(C/C=C/c1ccccc1)C(=O)OC(C)(C)C. The maximum absolute atomic E-state index is 12.4. The van der Waals surface area contributed by atoms with Crippen LogP contribution in [0.25, 0.3) is 6.08 Å². The van der Waals surface area contributed by atoms with Crippen molar-refractivity contribution >= 4 is 18.0 Å². The monoisotopic (exact) mass is 346 g/mol. The Hall–Kier alpha value is -2.10. The molecule has 0 bridgehead atoms. The molecule has 0 saturated heterocycles. The number of hydrogen-bond acceptors (Lipinski definition) is 4. The molecule has 0 N–H and O–H groups in total. The minimum absolute atomic E-state index is 0.00527. The van der Waals surface area contributed by atoms with Gasteiger partial charge in [0.2, 0.25) is 0 Å². The van der Waals surface area contributed by atoms with E-state index >= 15 is 0 Å². The Morgan fingerprint density at radius 2 is 1.52 bits per heavy atom. The van der Waals surface area contributed by atoms with Crippen LogP contribution in [0.5, 0.6) is 0 Å². The molecule has 0 aliphatic rings. The van der Waals surface area contributed by atoms with E-state index in [0.717, 1.165) is 5.56 Å². The molecule has 0 radical (unpaired) electrons. The molecule has 0 spiro atoms. The standard InChI is InChI=1S/C21H30O4/c1-20(2,3)24-18(22)15-17(19(23)25-21(4,5)6)14-10-13-16-11-8-7-9-12-16/h7-13,17H,14-15H2,1-6H3/b13-10+. The lowest BCUT2D eigenvalue weighted by Crippen LogP contribution is -2.31. The smallest absolute Gasteiger partial charge is 0.310 e. The Kier molecular flexibility index (Phi) is 7.40. The van der Waals surface area contributed by atoms with Crippen LogP contribution in [0.3, 0.4) is 0 Å². The van der Waals surface area contributed by atoms with E-state index in [1.807, 2.05) is 84.0 Å². The van der Waals surface area contributed by atoms with E-state index in [1.165, 1.54) is 0 Å². The normalized spacial score (nSPS) is 13.5. The summed E-state index contributed by atoms with van der Waals surface area (Å²) in [4.78, 5) is 24.6. The molecule has 0 aromatic heterocycles. The summed E-state index contributed by atoms with van der Waals surface area (Å²) >= 11 is 0. The van der Waals surface area contributed by atoms with E-state index in [4.69, 9.17) is 9.47 Å². The highest BCUT2D eigenvalue weighted by Crippen LogP contribution is 2.20. The molecule has 4 nitrogen and oxygen atoms in total. The third kappa shape index (κ3) is 9.70.